The van der Waals surface area contributed by atoms with E-state index < -0.39 is 0 Å². The zero-order chi connectivity index (χ0) is 9.90. The fourth-order valence-electron chi connectivity index (χ4n) is 1.19. The minimum Gasteiger partial charge on any atom is -0.327 e. The zero-order valence-corrected chi connectivity index (χ0v) is 9.53. The lowest BCUT2D eigenvalue weighted by Gasteiger charge is -2.26. The van der Waals surface area contributed by atoms with Crippen LogP contribution in [0.5, 0.6) is 0 Å². The first kappa shape index (κ1) is 10.7. The summed E-state index contributed by atoms with van der Waals surface area (Å²) in [6, 6.07) is 2.48. The summed E-state index contributed by atoms with van der Waals surface area (Å²) in [5.41, 5.74) is 7.72. The van der Waals surface area contributed by atoms with Crippen LogP contribution >= 0.6 is 11.3 Å². The van der Waals surface area contributed by atoms with Gasteiger partial charge in [-0.25, -0.2) is 0 Å². The Morgan fingerprint density at radius 2 is 2.15 bits per heavy atom. The fraction of sp³-hybridized carbons (Fsp3) is 0.636. The first-order valence-electron chi connectivity index (χ1n) is 4.77. The molecule has 1 rings (SSSR count). The summed E-state index contributed by atoms with van der Waals surface area (Å²) in [5.74, 6) is 0. The van der Waals surface area contributed by atoms with E-state index in [0.29, 0.717) is 6.04 Å². The van der Waals surface area contributed by atoms with E-state index in [-0.39, 0.29) is 5.41 Å². The van der Waals surface area contributed by atoms with Crippen LogP contribution < -0.4 is 5.73 Å². The maximum absolute atomic E-state index is 6.07. The van der Waals surface area contributed by atoms with Gasteiger partial charge in [0, 0.05) is 6.04 Å². The molecule has 74 valence electrons. The van der Waals surface area contributed by atoms with Gasteiger partial charge in [-0.05, 0) is 40.6 Å². The molecule has 2 N–H and O–H groups in total. The Labute approximate surface area is 85.0 Å². The molecule has 1 nitrogen and oxygen atoms in total. The summed E-state index contributed by atoms with van der Waals surface area (Å²) < 4.78 is 0. The SMILES string of the molecule is CC(C)(C)C(N)CCc1ccsc1. The Bertz CT molecular complexity index is 233. The molecule has 0 spiro atoms. The fourth-order valence-corrected chi connectivity index (χ4v) is 1.89. The highest BCUT2D eigenvalue weighted by Gasteiger charge is 2.19. The van der Waals surface area contributed by atoms with Gasteiger partial charge in [0.05, 0.1) is 0 Å². The molecule has 0 saturated heterocycles. The summed E-state index contributed by atoms with van der Waals surface area (Å²) in [5, 5.41) is 4.33. The van der Waals surface area contributed by atoms with Crippen molar-refractivity contribution in [2.45, 2.75) is 39.7 Å². The Balaban J connectivity index is 2.35. The van der Waals surface area contributed by atoms with Crippen molar-refractivity contribution in [1.82, 2.24) is 0 Å². The van der Waals surface area contributed by atoms with Crippen LogP contribution in [0.15, 0.2) is 16.8 Å². The summed E-state index contributed by atoms with van der Waals surface area (Å²) >= 11 is 1.76. The second-order valence-electron chi connectivity index (χ2n) is 4.64. The molecule has 0 aliphatic heterocycles. The van der Waals surface area contributed by atoms with Gasteiger partial charge in [-0.2, -0.15) is 11.3 Å². The molecule has 0 amide bonds. The number of rotatable bonds is 3. The minimum absolute atomic E-state index is 0.232. The topological polar surface area (TPSA) is 26.0 Å². The molecule has 1 heterocycles. The molecule has 0 bridgehead atoms. The zero-order valence-electron chi connectivity index (χ0n) is 8.71. The molecule has 2 heteroatoms. The van der Waals surface area contributed by atoms with E-state index in [9.17, 15) is 0 Å². The molecule has 0 saturated carbocycles. The molecule has 13 heavy (non-hydrogen) atoms. The first-order valence-corrected chi connectivity index (χ1v) is 5.71. The van der Waals surface area contributed by atoms with Crippen LogP contribution in [0.1, 0.15) is 32.8 Å². The maximum atomic E-state index is 6.07. The quantitative estimate of drug-likeness (QED) is 0.792. The largest absolute Gasteiger partial charge is 0.327 e. The van der Waals surface area contributed by atoms with Crippen LogP contribution in [-0.2, 0) is 6.42 Å². The summed E-state index contributed by atoms with van der Waals surface area (Å²) in [6.07, 6.45) is 2.20. The lowest BCUT2D eigenvalue weighted by atomic mass is 9.84. The standard InChI is InChI=1S/C11H19NS/c1-11(2,3)10(12)5-4-9-6-7-13-8-9/h6-8,10H,4-5,12H2,1-3H3. The molecule has 0 aliphatic rings. The van der Waals surface area contributed by atoms with Crippen LogP contribution in [0, 0.1) is 5.41 Å². The van der Waals surface area contributed by atoms with E-state index in [1.165, 1.54) is 5.56 Å². The predicted octanol–water partition coefficient (Wildman–Crippen LogP) is 3.05. The number of hydrogen-bond acceptors (Lipinski definition) is 2. The highest BCUT2D eigenvalue weighted by Crippen LogP contribution is 2.21. The highest BCUT2D eigenvalue weighted by atomic mass is 32.1. The van der Waals surface area contributed by atoms with Gasteiger partial charge >= 0.3 is 0 Å². The molecule has 0 fully saturated rings. The number of hydrogen-bond donors (Lipinski definition) is 1. The number of thiophene rings is 1. The van der Waals surface area contributed by atoms with Crippen molar-refractivity contribution in [1.29, 1.82) is 0 Å². The van der Waals surface area contributed by atoms with Crippen molar-refractivity contribution in [3.63, 3.8) is 0 Å². The molecule has 0 radical (unpaired) electrons. The van der Waals surface area contributed by atoms with Crippen molar-refractivity contribution in [3.05, 3.63) is 22.4 Å². The van der Waals surface area contributed by atoms with Crippen LogP contribution in [0.4, 0.5) is 0 Å². The number of nitrogens with two attached hydrogens (primary N) is 1. The molecule has 1 unspecified atom stereocenters. The summed E-state index contributed by atoms with van der Waals surface area (Å²) in [4.78, 5) is 0. The van der Waals surface area contributed by atoms with E-state index in [2.05, 4.69) is 37.6 Å². The van der Waals surface area contributed by atoms with Crippen molar-refractivity contribution < 1.29 is 0 Å². The van der Waals surface area contributed by atoms with Gasteiger partial charge in [-0.3, -0.25) is 0 Å². The Hall–Kier alpha value is -0.340. The van der Waals surface area contributed by atoms with Crippen LogP contribution in [0.25, 0.3) is 0 Å². The average Bonchev–Trinajstić information content (AvgIpc) is 2.50. The predicted molar refractivity (Wildman–Crippen MR) is 60.1 cm³/mol. The third-order valence-corrected chi connectivity index (χ3v) is 3.17. The van der Waals surface area contributed by atoms with Crippen molar-refractivity contribution in [2.24, 2.45) is 11.1 Å². The van der Waals surface area contributed by atoms with Gasteiger partial charge in [-0.1, -0.05) is 20.8 Å². The second kappa shape index (κ2) is 4.25. The van der Waals surface area contributed by atoms with Gasteiger partial charge in [0.25, 0.3) is 0 Å². The second-order valence-corrected chi connectivity index (χ2v) is 5.42. The molecular weight excluding hydrogens is 178 g/mol. The lowest BCUT2D eigenvalue weighted by molar-refractivity contribution is 0.306. The van der Waals surface area contributed by atoms with E-state index in [4.69, 9.17) is 5.73 Å². The molecule has 0 aliphatic carbocycles. The molecule has 1 aromatic rings. The average molecular weight is 197 g/mol. The van der Waals surface area contributed by atoms with E-state index >= 15 is 0 Å². The van der Waals surface area contributed by atoms with Crippen LogP contribution in [-0.4, -0.2) is 6.04 Å². The first-order chi connectivity index (χ1) is 6.00. The molecular formula is C11H19NS. The third kappa shape index (κ3) is 3.49. The van der Waals surface area contributed by atoms with Crippen LogP contribution in [0.2, 0.25) is 0 Å². The van der Waals surface area contributed by atoms with E-state index in [1.807, 2.05) is 0 Å². The number of aryl methyl sites for hydroxylation is 1. The third-order valence-electron chi connectivity index (χ3n) is 2.44. The van der Waals surface area contributed by atoms with Gasteiger partial charge < -0.3 is 5.73 Å². The van der Waals surface area contributed by atoms with Crippen molar-refractivity contribution in [3.8, 4) is 0 Å². The van der Waals surface area contributed by atoms with Crippen molar-refractivity contribution >= 4 is 11.3 Å². The monoisotopic (exact) mass is 197 g/mol. The van der Waals surface area contributed by atoms with Gasteiger partial charge in [0.15, 0.2) is 0 Å². The highest BCUT2D eigenvalue weighted by molar-refractivity contribution is 7.07. The normalized spacial score (nSPS) is 14.5. The maximum Gasteiger partial charge on any atom is 0.00908 e. The molecule has 1 atom stereocenters. The Morgan fingerprint density at radius 3 is 2.62 bits per heavy atom. The lowest BCUT2D eigenvalue weighted by Crippen LogP contribution is -2.35. The van der Waals surface area contributed by atoms with Gasteiger partial charge in [0.1, 0.15) is 0 Å². The van der Waals surface area contributed by atoms with Crippen LogP contribution in [0.3, 0.4) is 0 Å². The summed E-state index contributed by atoms with van der Waals surface area (Å²) in [6.45, 7) is 6.60. The van der Waals surface area contributed by atoms with Crippen molar-refractivity contribution in [2.75, 3.05) is 0 Å². The van der Waals surface area contributed by atoms with Gasteiger partial charge in [-0.15, -0.1) is 0 Å². The van der Waals surface area contributed by atoms with E-state index in [0.717, 1.165) is 12.8 Å². The van der Waals surface area contributed by atoms with E-state index in [1.54, 1.807) is 11.3 Å². The molecule has 1 aromatic heterocycles. The van der Waals surface area contributed by atoms with Gasteiger partial charge in [0.2, 0.25) is 0 Å². The smallest absolute Gasteiger partial charge is 0.00908 e. The Morgan fingerprint density at radius 1 is 1.46 bits per heavy atom. The minimum atomic E-state index is 0.232. The summed E-state index contributed by atoms with van der Waals surface area (Å²) in [7, 11) is 0. The molecule has 0 aromatic carbocycles. The Kier molecular flexibility index (Phi) is 3.51.